The first-order valence-corrected chi connectivity index (χ1v) is 4.67. The second-order valence-corrected chi connectivity index (χ2v) is 3.63. The summed E-state index contributed by atoms with van der Waals surface area (Å²) in [6, 6.07) is 6.69. The zero-order chi connectivity index (χ0) is 10.4. The molecule has 0 atom stereocenters. The molecule has 3 aromatic rings. The lowest BCUT2D eigenvalue weighted by Gasteiger charge is -1.99. The van der Waals surface area contributed by atoms with Crippen LogP contribution < -0.4 is 0 Å². The molecule has 3 rings (SSSR count). The van der Waals surface area contributed by atoms with E-state index in [0.717, 1.165) is 10.8 Å². The number of hydrogen-bond donors (Lipinski definition) is 1. The molecule has 1 aromatic heterocycles. The number of fused-ring (bicyclic) bond motifs is 3. The summed E-state index contributed by atoms with van der Waals surface area (Å²) in [6.45, 7) is 0. The number of phenols is 1. The lowest BCUT2D eigenvalue weighted by molar-refractivity contribution is 0.316. The number of aromatic nitrogens is 2. The van der Waals surface area contributed by atoms with Crippen LogP contribution in [0.25, 0.3) is 21.8 Å². The second-order valence-electron chi connectivity index (χ2n) is 3.23. The van der Waals surface area contributed by atoms with Gasteiger partial charge in [0.15, 0.2) is 5.52 Å². The van der Waals surface area contributed by atoms with Gasteiger partial charge < -0.3 is 5.11 Å². The number of phenolic OH excluding ortho intramolecular Hbond substituents is 1. The molecular weight excluding hydrogens is 216 g/mol. The standard InChI is InChI=1S/C10H5ClN2O2/c11-8-4-5-3-6(14)1-2-7(5)9-10(8)13-15-12-9/h1-4,14H. The molecule has 0 radical (unpaired) electrons. The maximum Gasteiger partial charge on any atom is 0.154 e. The van der Waals surface area contributed by atoms with E-state index in [1.54, 1.807) is 24.3 Å². The minimum absolute atomic E-state index is 0.189. The molecular formula is C10H5ClN2O2. The highest BCUT2D eigenvalue weighted by atomic mass is 35.5. The molecule has 0 saturated heterocycles. The highest BCUT2D eigenvalue weighted by molar-refractivity contribution is 6.36. The minimum Gasteiger partial charge on any atom is -0.508 e. The number of halogens is 1. The van der Waals surface area contributed by atoms with Crippen molar-refractivity contribution in [1.82, 2.24) is 10.3 Å². The van der Waals surface area contributed by atoms with Crippen molar-refractivity contribution in [3.63, 3.8) is 0 Å². The van der Waals surface area contributed by atoms with Gasteiger partial charge in [-0.1, -0.05) is 11.6 Å². The van der Waals surface area contributed by atoms with E-state index in [4.69, 9.17) is 11.6 Å². The summed E-state index contributed by atoms with van der Waals surface area (Å²) in [4.78, 5) is 0. The van der Waals surface area contributed by atoms with E-state index < -0.39 is 0 Å². The van der Waals surface area contributed by atoms with Crippen molar-refractivity contribution in [1.29, 1.82) is 0 Å². The largest absolute Gasteiger partial charge is 0.508 e. The Morgan fingerprint density at radius 3 is 2.80 bits per heavy atom. The molecule has 1 heterocycles. The maximum absolute atomic E-state index is 9.34. The highest BCUT2D eigenvalue weighted by Crippen LogP contribution is 2.30. The molecule has 0 spiro atoms. The van der Waals surface area contributed by atoms with Gasteiger partial charge in [-0.25, -0.2) is 4.63 Å². The summed E-state index contributed by atoms with van der Waals surface area (Å²) in [7, 11) is 0. The second kappa shape index (κ2) is 2.84. The van der Waals surface area contributed by atoms with Crippen molar-refractivity contribution in [3.8, 4) is 5.75 Å². The molecule has 74 valence electrons. The fraction of sp³-hybridized carbons (Fsp3) is 0. The first-order chi connectivity index (χ1) is 7.25. The highest BCUT2D eigenvalue weighted by Gasteiger charge is 2.10. The summed E-state index contributed by atoms with van der Waals surface area (Å²) in [5, 5.41) is 19.0. The maximum atomic E-state index is 9.34. The molecule has 0 fully saturated rings. The number of aromatic hydroxyl groups is 1. The zero-order valence-electron chi connectivity index (χ0n) is 7.44. The number of rotatable bonds is 0. The van der Waals surface area contributed by atoms with Crippen LogP contribution in [0.1, 0.15) is 0 Å². The molecule has 2 aromatic carbocycles. The smallest absolute Gasteiger partial charge is 0.154 e. The summed E-state index contributed by atoms with van der Waals surface area (Å²) >= 11 is 5.99. The minimum atomic E-state index is 0.189. The Morgan fingerprint density at radius 1 is 1.13 bits per heavy atom. The number of benzene rings is 2. The molecule has 0 bridgehead atoms. The van der Waals surface area contributed by atoms with Crippen LogP contribution >= 0.6 is 11.6 Å². The van der Waals surface area contributed by atoms with Gasteiger partial charge in [0, 0.05) is 5.39 Å². The van der Waals surface area contributed by atoms with Gasteiger partial charge in [0.25, 0.3) is 0 Å². The van der Waals surface area contributed by atoms with Gasteiger partial charge in [-0.05, 0) is 40.0 Å². The van der Waals surface area contributed by atoms with Crippen molar-refractivity contribution in [2.24, 2.45) is 0 Å². The Kier molecular flexibility index (Phi) is 1.61. The van der Waals surface area contributed by atoms with Crippen LogP contribution in [-0.2, 0) is 0 Å². The van der Waals surface area contributed by atoms with Crippen molar-refractivity contribution >= 4 is 33.4 Å². The van der Waals surface area contributed by atoms with Crippen LogP contribution in [0.5, 0.6) is 5.75 Å². The summed E-state index contributed by atoms with van der Waals surface area (Å²) < 4.78 is 4.64. The Balaban J connectivity index is 2.60. The first-order valence-electron chi connectivity index (χ1n) is 4.29. The predicted molar refractivity (Wildman–Crippen MR) is 56.0 cm³/mol. The summed E-state index contributed by atoms with van der Waals surface area (Å²) in [6.07, 6.45) is 0. The van der Waals surface area contributed by atoms with Gasteiger partial charge in [-0.3, -0.25) is 0 Å². The van der Waals surface area contributed by atoms with Gasteiger partial charge in [0.1, 0.15) is 11.3 Å². The third-order valence-electron chi connectivity index (χ3n) is 2.29. The fourth-order valence-corrected chi connectivity index (χ4v) is 1.85. The molecule has 0 aliphatic carbocycles. The molecule has 0 aliphatic heterocycles. The average molecular weight is 221 g/mol. The Morgan fingerprint density at radius 2 is 1.93 bits per heavy atom. The van der Waals surface area contributed by atoms with E-state index in [2.05, 4.69) is 14.9 Å². The van der Waals surface area contributed by atoms with Crippen molar-refractivity contribution in [2.45, 2.75) is 0 Å². The Bertz CT molecular complexity index is 663. The van der Waals surface area contributed by atoms with E-state index in [9.17, 15) is 5.11 Å². The van der Waals surface area contributed by atoms with Gasteiger partial charge in [-0.2, -0.15) is 0 Å². The van der Waals surface area contributed by atoms with Gasteiger partial charge in [-0.15, -0.1) is 0 Å². The van der Waals surface area contributed by atoms with E-state index in [1.165, 1.54) is 0 Å². The van der Waals surface area contributed by atoms with Crippen LogP contribution in [0.2, 0.25) is 5.02 Å². The van der Waals surface area contributed by atoms with Crippen molar-refractivity contribution < 1.29 is 9.74 Å². The van der Waals surface area contributed by atoms with E-state index in [0.29, 0.717) is 16.1 Å². The van der Waals surface area contributed by atoms with Crippen molar-refractivity contribution in [3.05, 3.63) is 29.3 Å². The van der Waals surface area contributed by atoms with Crippen LogP contribution in [0.4, 0.5) is 0 Å². The number of nitrogens with zero attached hydrogens (tertiary/aromatic N) is 2. The monoisotopic (exact) mass is 220 g/mol. The quantitative estimate of drug-likeness (QED) is 0.633. The van der Waals surface area contributed by atoms with Crippen LogP contribution in [0, 0.1) is 0 Å². The molecule has 15 heavy (non-hydrogen) atoms. The summed E-state index contributed by atoms with van der Waals surface area (Å²) in [5.74, 6) is 0.189. The van der Waals surface area contributed by atoms with Gasteiger partial charge >= 0.3 is 0 Å². The fourth-order valence-electron chi connectivity index (χ4n) is 1.61. The number of hydrogen-bond acceptors (Lipinski definition) is 4. The lowest BCUT2D eigenvalue weighted by atomic mass is 10.1. The van der Waals surface area contributed by atoms with Crippen LogP contribution in [0.3, 0.4) is 0 Å². The molecule has 0 unspecified atom stereocenters. The van der Waals surface area contributed by atoms with E-state index >= 15 is 0 Å². The third kappa shape index (κ3) is 1.15. The van der Waals surface area contributed by atoms with Crippen LogP contribution in [0.15, 0.2) is 28.9 Å². The van der Waals surface area contributed by atoms with E-state index in [-0.39, 0.29) is 5.75 Å². The van der Waals surface area contributed by atoms with Gasteiger partial charge in [0.2, 0.25) is 0 Å². The topological polar surface area (TPSA) is 59.2 Å². The Hall–Kier alpha value is -1.81. The van der Waals surface area contributed by atoms with Gasteiger partial charge in [0.05, 0.1) is 5.02 Å². The first kappa shape index (κ1) is 8.49. The third-order valence-corrected chi connectivity index (χ3v) is 2.58. The molecule has 0 saturated carbocycles. The molecule has 1 N–H and O–H groups in total. The Labute approximate surface area is 89.0 Å². The SMILES string of the molecule is Oc1ccc2c(c1)cc(Cl)c1nonc12. The van der Waals surface area contributed by atoms with Crippen LogP contribution in [-0.4, -0.2) is 15.4 Å². The summed E-state index contributed by atoms with van der Waals surface area (Å²) in [5.41, 5.74) is 1.15. The molecule has 0 amide bonds. The van der Waals surface area contributed by atoms with Crippen molar-refractivity contribution in [2.75, 3.05) is 0 Å². The molecule has 4 nitrogen and oxygen atoms in total. The van der Waals surface area contributed by atoms with E-state index in [1.807, 2.05) is 0 Å². The lowest BCUT2D eigenvalue weighted by Crippen LogP contribution is -1.78. The molecule has 0 aliphatic rings. The normalized spacial score (nSPS) is 11.3. The average Bonchev–Trinajstić information content (AvgIpc) is 2.66. The molecule has 5 heteroatoms. The zero-order valence-corrected chi connectivity index (χ0v) is 8.19. The predicted octanol–water partition coefficient (Wildman–Crippen LogP) is 2.74.